The van der Waals surface area contributed by atoms with Gasteiger partial charge in [0.2, 0.25) is 0 Å². The van der Waals surface area contributed by atoms with Crippen LogP contribution in [0, 0.1) is 11.7 Å². The first-order valence-electron chi connectivity index (χ1n) is 7.16. The van der Waals surface area contributed by atoms with Crippen LogP contribution < -0.4 is 10.1 Å². The normalized spacial score (nSPS) is 25.9. The highest BCUT2D eigenvalue weighted by molar-refractivity contribution is 5.85. The van der Waals surface area contributed by atoms with Crippen molar-refractivity contribution in [3.05, 3.63) is 30.1 Å². The lowest BCUT2D eigenvalue weighted by atomic mass is 9.93. The SMILES string of the molecule is Cl.Fc1ccccc1OCCN1CCC2NCCC2C1. The third-order valence-corrected chi connectivity index (χ3v) is 4.24. The zero-order chi connectivity index (χ0) is 13.1. The van der Waals surface area contributed by atoms with E-state index >= 15 is 0 Å². The third-order valence-electron chi connectivity index (χ3n) is 4.24. The molecule has 0 aromatic heterocycles. The van der Waals surface area contributed by atoms with E-state index in [2.05, 4.69) is 10.2 Å². The highest BCUT2D eigenvalue weighted by atomic mass is 35.5. The molecule has 2 saturated heterocycles. The molecule has 2 aliphatic heterocycles. The molecule has 0 bridgehead atoms. The van der Waals surface area contributed by atoms with Crippen LogP contribution in [0.2, 0.25) is 0 Å². The van der Waals surface area contributed by atoms with E-state index in [4.69, 9.17) is 4.74 Å². The Morgan fingerprint density at radius 1 is 1.30 bits per heavy atom. The predicted octanol–water partition coefficient (Wildman–Crippen LogP) is 2.31. The van der Waals surface area contributed by atoms with E-state index in [1.165, 1.54) is 18.9 Å². The molecule has 2 heterocycles. The predicted molar refractivity (Wildman–Crippen MR) is 80.1 cm³/mol. The molecule has 20 heavy (non-hydrogen) atoms. The Kier molecular flexibility index (Phi) is 5.64. The van der Waals surface area contributed by atoms with Crippen LogP contribution in [0.15, 0.2) is 24.3 Å². The van der Waals surface area contributed by atoms with Gasteiger partial charge in [0.1, 0.15) is 6.61 Å². The van der Waals surface area contributed by atoms with Crippen molar-refractivity contribution in [2.45, 2.75) is 18.9 Å². The van der Waals surface area contributed by atoms with Crippen LogP contribution in [-0.2, 0) is 0 Å². The first-order valence-corrected chi connectivity index (χ1v) is 7.16. The summed E-state index contributed by atoms with van der Waals surface area (Å²) in [4.78, 5) is 2.44. The van der Waals surface area contributed by atoms with Crippen LogP contribution >= 0.6 is 12.4 Å². The van der Waals surface area contributed by atoms with Gasteiger partial charge in [0.25, 0.3) is 0 Å². The summed E-state index contributed by atoms with van der Waals surface area (Å²) < 4.78 is 18.9. The number of hydrogen-bond acceptors (Lipinski definition) is 3. The van der Waals surface area contributed by atoms with Crippen molar-refractivity contribution in [3.63, 3.8) is 0 Å². The van der Waals surface area contributed by atoms with Gasteiger partial charge in [-0.15, -0.1) is 12.4 Å². The van der Waals surface area contributed by atoms with E-state index < -0.39 is 0 Å². The maximum atomic E-state index is 13.4. The molecule has 0 amide bonds. The molecule has 1 N–H and O–H groups in total. The lowest BCUT2D eigenvalue weighted by Gasteiger charge is -2.34. The fraction of sp³-hybridized carbons (Fsp3) is 0.600. The third kappa shape index (κ3) is 3.62. The van der Waals surface area contributed by atoms with Gasteiger partial charge in [0.15, 0.2) is 11.6 Å². The number of ether oxygens (including phenoxy) is 1. The Balaban J connectivity index is 0.00000147. The van der Waals surface area contributed by atoms with Crippen molar-refractivity contribution < 1.29 is 9.13 Å². The van der Waals surface area contributed by atoms with Gasteiger partial charge in [-0.3, -0.25) is 4.90 Å². The van der Waals surface area contributed by atoms with E-state index in [1.807, 2.05) is 0 Å². The van der Waals surface area contributed by atoms with Gasteiger partial charge in [-0.25, -0.2) is 4.39 Å². The molecule has 0 radical (unpaired) electrons. The minimum atomic E-state index is -0.277. The summed E-state index contributed by atoms with van der Waals surface area (Å²) in [7, 11) is 0. The van der Waals surface area contributed by atoms with Crippen molar-refractivity contribution in [2.75, 3.05) is 32.8 Å². The van der Waals surface area contributed by atoms with E-state index in [0.717, 1.165) is 38.1 Å². The van der Waals surface area contributed by atoms with Gasteiger partial charge in [-0.05, 0) is 44.0 Å². The second kappa shape index (κ2) is 7.25. The Hall–Kier alpha value is -0.840. The summed E-state index contributed by atoms with van der Waals surface area (Å²) in [6, 6.07) is 7.32. The Morgan fingerprint density at radius 2 is 2.15 bits per heavy atom. The standard InChI is InChI=1S/C15H21FN2O.ClH/c16-13-3-1-2-4-15(13)19-10-9-18-8-6-14-12(11-18)5-7-17-14;/h1-4,12,14,17H,5-11H2;1H. The number of hydrogen-bond donors (Lipinski definition) is 1. The molecule has 2 aliphatic rings. The number of benzene rings is 1. The summed E-state index contributed by atoms with van der Waals surface area (Å²) in [6.07, 6.45) is 2.51. The van der Waals surface area contributed by atoms with Gasteiger partial charge >= 0.3 is 0 Å². The maximum Gasteiger partial charge on any atom is 0.165 e. The molecule has 1 aromatic rings. The molecular formula is C15H22ClFN2O. The summed E-state index contributed by atoms with van der Waals surface area (Å²) >= 11 is 0. The van der Waals surface area contributed by atoms with Crippen molar-refractivity contribution in [1.29, 1.82) is 0 Å². The van der Waals surface area contributed by atoms with Crippen LogP contribution in [0.5, 0.6) is 5.75 Å². The zero-order valence-electron chi connectivity index (χ0n) is 11.6. The molecule has 2 fully saturated rings. The van der Waals surface area contributed by atoms with Crippen molar-refractivity contribution in [3.8, 4) is 5.75 Å². The van der Waals surface area contributed by atoms with Gasteiger partial charge in [-0.2, -0.15) is 0 Å². The van der Waals surface area contributed by atoms with Crippen LogP contribution in [0.25, 0.3) is 0 Å². The number of likely N-dealkylation sites (tertiary alicyclic amines) is 1. The molecule has 112 valence electrons. The minimum Gasteiger partial charge on any atom is -0.489 e. The number of para-hydroxylation sites is 1. The van der Waals surface area contributed by atoms with E-state index in [0.29, 0.717) is 12.4 Å². The number of fused-ring (bicyclic) bond motifs is 1. The van der Waals surface area contributed by atoms with Gasteiger partial charge in [0, 0.05) is 19.1 Å². The van der Waals surface area contributed by atoms with Crippen LogP contribution in [0.1, 0.15) is 12.8 Å². The first kappa shape index (κ1) is 15.5. The quantitative estimate of drug-likeness (QED) is 0.923. The highest BCUT2D eigenvalue weighted by Gasteiger charge is 2.32. The molecule has 0 spiro atoms. The smallest absolute Gasteiger partial charge is 0.165 e. The molecule has 3 nitrogen and oxygen atoms in total. The average Bonchev–Trinajstić information content (AvgIpc) is 2.88. The molecule has 2 atom stereocenters. The second-order valence-corrected chi connectivity index (χ2v) is 5.48. The van der Waals surface area contributed by atoms with Gasteiger partial charge in [0.05, 0.1) is 0 Å². The first-order chi connectivity index (χ1) is 9.33. The molecule has 2 unspecified atom stereocenters. The van der Waals surface area contributed by atoms with Crippen molar-refractivity contribution in [2.24, 2.45) is 5.92 Å². The fourth-order valence-electron chi connectivity index (χ4n) is 3.17. The minimum absolute atomic E-state index is 0. The fourth-order valence-corrected chi connectivity index (χ4v) is 3.17. The van der Waals surface area contributed by atoms with Crippen LogP contribution in [-0.4, -0.2) is 43.7 Å². The lowest BCUT2D eigenvalue weighted by molar-refractivity contribution is 0.137. The van der Waals surface area contributed by atoms with Gasteiger partial charge < -0.3 is 10.1 Å². The topological polar surface area (TPSA) is 24.5 Å². The largest absolute Gasteiger partial charge is 0.489 e. The number of piperidine rings is 1. The van der Waals surface area contributed by atoms with E-state index in [-0.39, 0.29) is 18.2 Å². The second-order valence-electron chi connectivity index (χ2n) is 5.48. The van der Waals surface area contributed by atoms with Gasteiger partial charge in [-0.1, -0.05) is 12.1 Å². The highest BCUT2D eigenvalue weighted by Crippen LogP contribution is 2.24. The number of nitrogens with zero attached hydrogens (tertiary/aromatic N) is 1. The summed E-state index contributed by atoms with van der Waals surface area (Å²) in [5.74, 6) is 0.878. The summed E-state index contributed by atoms with van der Waals surface area (Å²) in [5, 5.41) is 3.56. The van der Waals surface area contributed by atoms with Crippen LogP contribution in [0.3, 0.4) is 0 Å². The number of nitrogens with one attached hydrogen (secondary N) is 1. The lowest BCUT2D eigenvalue weighted by Crippen LogP contribution is -2.45. The zero-order valence-corrected chi connectivity index (χ0v) is 12.4. The molecule has 0 aliphatic carbocycles. The number of rotatable bonds is 4. The Bertz CT molecular complexity index is 432. The number of halogens is 2. The maximum absolute atomic E-state index is 13.4. The van der Waals surface area contributed by atoms with Crippen molar-refractivity contribution >= 4 is 12.4 Å². The molecule has 0 saturated carbocycles. The van der Waals surface area contributed by atoms with E-state index in [1.54, 1.807) is 18.2 Å². The Morgan fingerprint density at radius 3 is 3.00 bits per heavy atom. The average molecular weight is 301 g/mol. The monoisotopic (exact) mass is 300 g/mol. The van der Waals surface area contributed by atoms with Crippen LogP contribution in [0.4, 0.5) is 4.39 Å². The summed E-state index contributed by atoms with van der Waals surface area (Å²) in [5.41, 5.74) is 0. The van der Waals surface area contributed by atoms with Crippen molar-refractivity contribution in [1.82, 2.24) is 10.2 Å². The molecular weight excluding hydrogens is 279 g/mol. The van der Waals surface area contributed by atoms with E-state index in [9.17, 15) is 4.39 Å². The molecule has 3 rings (SSSR count). The Labute approximate surface area is 125 Å². The summed E-state index contributed by atoms with van der Waals surface area (Å²) in [6.45, 7) is 4.88. The molecule has 1 aromatic carbocycles. The molecule has 5 heteroatoms.